The van der Waals surface area contributed by atoms with Crippen LogP contribution >= 0.6 is 0 Å². The molecular formula is C30H51N5O4. The van der Waals surface area contributed by atoms with E-state index in [9.17, 15) is 14.7 Å². The first kappa shape index (κ1) is 31.1. The van der Waals surface area contributed by atoms with Crippen molar-refractivity contribution in [2.45, 2.75) is 116 Å². The molecule has 3 N–H and O–H groups in total. The summed E-state index contributed by atoms with van der Waals surface area (Å²) < 4.78 is 5.96. The molecule has 3 atom stereocenters. The number of unbranched alkanes of at least 4 members (excludes halogenated alkanes) is 1. The molecule has 1 aromatic heterocycles. The molecule has 1 aromatic rings. The van der Waals surface area contributed by atoms with Gasteiger partial charge in [-0.25, -0.2) is 14.6 Å². The van der Waals surface area contributed by atoms with E-state index >= 15 is 0 Å². The Bertz CT molecular complexity index is 924. The number of pyridine rings is 1. The lowest BCUT2D eigenvalue weighted by molar-refractivity contribution is -0.139. The van der Waals surface area contributed by atoms with Crippen LogP contribution in [0, 0.1) is 0 Å². The highest BCUT2D eigenvalue weighted by atomic mass is 16.5. The first-order valence-corrected chi connectivity index (χ1v) is 14.9. The molecule has 0 saturated carbocycles. The molecule has 2 aliphatic rings. The lowest BCUT2D eigenvalue weighted by Gasteiger charge is -2.39. The van der Waals surface area contributed by atoms with E-state index in [0.717, 1.165) is 82.5 Å². The SMILES string of the molecule is C[C@@H]1CCC[C@@H](C)N1C(=O)NC(CCN(CCCCc1ccc2c(n1)NCCC2)CCOC(C)(C)C)C(=O)O. The Balaban J connectivity index is 1.52. The zero-order chi connectivity index (χ0) is 28.4. The molecule has 2 aliphatic heterocycles. The number of aromatic nitrogens is 1. The number of carbonyl (C=O) groups is 2. The number of nitrogens with one attached hydrogen (secondary N) is 2. The predicted octanol–water partition coefficient (Wildman–Crippen LogP) is 4.70. The van der Waals surface area contributed by atoms with E-state index in [1.807, 2.05) is 39.5 Å². The van der Waals surface area contributed by atoms with Crippen molar-refractivity contribution in [1.29, 1.82) is 0 Å². The van der Waals surface area contributed by atoms with Gasteiger partial charge in [-0.15, -0.1) is 0 Å². The number of likely N-dealkylation sites (tertiary alicyclic amines) is 1. The van der Waals surface area contributed by atoms with E-state index < -0.39 is 12.0 Å². The quantitative estimate of drug-likeness (QED) is 0.309. The van der Waals surface area contributed by atoms with Crippen molar-refractivity contribution in [2.24, 2.45) is 0 Å². The number of fused-ring (bicyclic) bond motifs is 1. The van der Waals surface area contributed by atoms with Gasteiger partial charge in [-0.05, 0) is 111 Å². The van der Waals surface area contributed by atoms with Crippen LogP contribution in [0.4, 0.5) is 10.6 Å². The number of hydrogen-bond donors (Lipinski definition) is 3. The van der Waals surface area contributed by atoms with Gasteiger partial charge in [0.05, 0.1) is 12.2 Å². The van der Waals surface area contributed by atoms with Crippen LogP contribution in [0.15, 0.2) is 12.1 Å². The van der Waals surface area contributed by atoms with Crippen molar-refractivity contribution in [3.63, 3.8) is 0 Å². The maximum Gasteiger partial charge on any atom is 0.326 e. The lowest BCUT2D eigenvalue weighted by atomic mass is 9.98. The first-order chi connectivity index (χ1) is 18.5. The average Bonchev–Trinajstić information content (AvgIpc) is 2.87. The topological polar surface area (TPSA) is 107 Å². The number of aliphatic carboxylic acids is 1. The molecule has 9 nitrogen and oxygen atoms in total. The Labute approximate surface area is 235 Å². The molecule has 3 rings (SSSR count). The standard InChI is InChI=1S/C30H51N5O4/c1-22-10-8-11-23(2)35(22)29(38)33-26(28(36)37)16-19-34(20-21-39-30(3,4)5)18-7-6-13-25-15-14-24-12-9-17-31-27(24)32-25/h14-15,22-23,26H,6-13,16-21H2,1-5H3,(H,31,32)(H,33,38)(H,36,37)/t22-,23-,26?/m1/s1. The van der Waals surface area contributed by atoms with Crippen LogP contribution in [-0.4, -0.2) is 88.4 Å². The van der Waals surface area contributed by atoms with Crippen molar-refractivity contribution in [1.82, 2.24) is 20.1 Å². The summed E-state index contributed by atoms with van der Waals surface area (Å²) in [7, 11) is 0. The second-order valence-corrected chi connectivity index (χ2v) is 12.3. The fraction of sp³-hybridized carbons (Fsp3) is 0.767. The second kappa shape index (κ2) is 14.8. The molecule has 9 heteroatoms. The summed E-state index contributed by atoms with van der Waals surface area (Å²) in [6.07, 6.45) is 8.51. The summed E-state index contributed by atoms with van der Waals surface area (Å²) >= 11 is 0. The fourth-order valence-corrected chi connectivity index (χ4v) is 5.58. The number of aryl methyl sites for hydroxylation is 2. The number of anilines is 1. The van der Waals surface area contributed by atoms with E-state index in [0.29, 0.717) is 19.6 Å². The Morgan fingerprint density at radius 2 is 1.90 bits per heavy atom. The first-order valence-electron chi connectivity index (χ1n) is 14.9. The minimum atomic E-state index is -0.987. The smallest absolute Gasteiger partial charge is 0.326 e. The molecule has 0 aromatic carbocycles. The number of amides is 2. The van der Waals surface area contributed by atoms with E-state index in [2.05, 4.69) is 27.7 Å². The molecule has 1 saturated heterocycles. The maximum absolute atomic E-state index is 13.0. The average molecular weight is 546 g/mol. The lowest BCUT2D eigenvalue weighted by Crippen LogP contribution is -2.55. The molecule has 0 bridgehead atoms. The zero-order valence-electron chi connectivity index (χ0n) is 24.8. The number of carboxylic acids is 1. The van der Waals surface area contributed by atoms with E-state index in [-0.39, 0.29) is 23.7 Å². The largest absolute Gasteiger partial charge is 0.480 e. The molecule has 0 radical (unpaired) electrons. The number of carboxylic acid groups (broad SMARTS) is 1. The number of nitrogens with zero attached hydrogens (tertiary/aromatic N) is 3. The molecule has 0 spiro atoms. The third kappa shape index (κ3) is 10.3. The van der Waals surface area contributed by atoms with Crippen LogP contribution in [-0.2, 0) is 22.4 Å². The molecule has 0 aliphatic carbocycles. The van der Waals surface area contributed by atoms with Gasteiger partial charge in [0.15, 0.2) is 0 Å². The predicted molar refractivity (Wildman–Crippen MR) is 155 cm³/mol. The van der Waals surface area contributed by atoms with Crippen molar-refractivity contribution in [3.8, 4) is 0 Å². The number of carbonyl (C=O) groups excluding carboxylic acids is 1. The van der Waals surface area contributed by atoms with Gasteiger partial charge in [-0.2, -0.15) is 0 Å². The van der Waals surface area contributed by atoms with Gasteiger partial charge in [-0.3, -0.25) is 0 Å². The van der Waals surface area contributed by atoms with Crippen molar-refractivity contribution >= 4 is 17.8 Å². The Morgan fingerprint density at radius 1 is 1.15 bits per heavy atom. The van der Waals surface area contributed by atoms with Gasteiger partial charge in [-0.1, -0.05) is 6.07 Å². The van der Waals surface area contributed by atoms with Crippen LogP contribution in [0.5, 0.6) is 0 Å². The molecule has 2 amide bonds. The van der Waals surface area contributed by atoms with E-state index in [1.165, 1.54) is 5.56 Å². The number of rotatable bonds is 13. The monoisotopic (exact) mass is 545 g/mol. The van der Waals surface area contributed by atoms with Gasteiger partial charge in [0.1, 0.15) is 11.9 Å². The highest BCUT2D eigenvalue weighted by Gasteiger charge is 2.31. The highest BCUT2D eigenvalue weighted by molar-refractivity contribution is 5.83. The van der Waals surface area contributed by atoms with Crippen LogP contribution < -0.4 is 10.6 Å². The van der Waals surface area contributed by atoms with Gasteiger partial charge >= 0.3 is 12.0 Å². The zero-order valence-corrected chi connectivity index (χ0v) is 24.8. The van der Waals surface area contributed by atoms with Gasteiger partial charge in [0.25, 0.3) is 0 Å². The van der Waals surface area contributed by atoms with Crippen LogP contribution in [0.1, 0.15) is 90.8 Å². The van der Waals surface area contributed by atoms with Crippen LogP contribution in [0.2, 0.25) is 0 Å². The molecule has 3 heterocycles. The van der Waals surface area contributed by atoms with Crippen LogP contribution in [0.3, 0.4) is 0 Å². The summed E-state index contributed by atoms with van der Waals surface area (Å²) in [5, 5.41) is 16.1. The summed E-state index contributed by atoms with van der Waals surface area (Å²) in [5.41, 5.74) is 2.19. The van der Waals surface area contributed by atoms with Crippen LogP contribution in [0.25, 0.3) is 0 Å². The molecule has 39 heavy (non-hydrogen) atoms. The summed E-state index contributed by atoms with van der Waals surface area (Å²) in [6, 6.07) is 3.40. The van der Waals surface area contributed by atoms with Crippen molar-refractivity contribution in [3.05, 3.63) is 23.4 Å². The minimum absolute atomic E-state index is 0.120. The summed E-state index contributed by atoms with van der Waals surface area (Å²) in [5.74, 6) is 0.0495. The third-order valence-electron chi connectivity index (χ3n) is 7.81. The van der Waals surface area contributed by atoms with Crippen molar-refractivity contribution in [2.75, 3.05) is 38.1 Å². The van der Waals surface area contributed by atoms with Gasteiger partial charge < -0.3 is 30.3 Å². The Hall–Kier alpha value is -2.39. The number of hydrogen-bond acceptors (Lipinski definition) is 6. The number of ether oxygens (including phenoxy) is 1. The highest BCUT2D eigenvalue weighted by Crippen LogP contribution is 2.23. The Kier molecular flexibility index (Phi) is 11.9. The molecule has 1 unspecified atom stereocenters. The van der Waals surface area contributed by atoms with Gasteiger partial charge in [0.2, 0.25) is 0 Å². The van der Waals surface area contributed by atoms with Gasteiger partial charge in [0, 0.05) is 37.4 Å². The van der Waals surface area contributed by atoms with E-state index in [1.54, 1.807) is 0 Å². The maximum atomic E-state index is 13.0. The van der Waals surface area contributed by atoms with E-state index in [4.69, 9.17) is 9.72 Å². The number of urea groups is 1. The minimum Gasteiger partial charge on any atom is -0.480 e. The Morgan fingerprint density at radius 3 is 2.59 bits per heavy atom. The van der Waals surface area contributed by atoms with Crippen molar-refractivity contribution < 1.29 is 19.4 Å². The molecule has 1 fully saturated rings. The molecule has 220 valence electrons. The number of piperidine rings is 1. The molecular weight excluding hydrogens is 494 g/mol. The fourth-order valence-electron chi connectivity index (χ4n) is 5.58. The normalized spacial score (nSPS) is 20.3. The third-order valence-corrected chi connectivity index (χ3v) is 7.81. The summed E-state index contributed by atoms with van der Waals surface area (Å²) in [4.78, 5) is 34.0. The summed E-state index contributed by atoms with van der Waals surface area (Å²) in [6.45, 7) is 13.9. The second-order valence-electron chi connectivity index (χ2n) is 12.3.